The highest BCUT2D eigenvalue weighted by Crippen LogP contribution is 2.28. The molecule has 19 heavy (non-hydrogen) atoms. The molecule has 0 unspecified atom stereocenters. The zero-order chi connectivity index (χ0) is 13.2. The molecule has 2 N–H and O–H groups in total. The van der Waals surface area contributed by atoms with E-state index < -0.39 is 0 Å². The molecule has 3 rings (SSSR count). The van der Waals surface area contributed by atoms with Crippen molar-refractivity contribution in [1.82, 2.24) is 4.98 Å². The lowest BCUT2D eigenvalue weighted by atomic mass is 10.0. The lowest BCUT2D eigenvalue weighted by molar-refractivity contribution is 0.618. The lowest BCUT2D eigenvalue weighted by Gasteiger charge is -2.04. The first-order valence-corrected chi connectivity index (χ1v) is 6.91. The van der Waals surface area contributed by atoms with E-state index in [1.54, 1.807) is 0 Å². The van der Waals surface area contributed by atoms with Gasteiger partial charge >= 0.3 is 0 Å². The zero-order valence-electron chi connectivity index (χ0n) is 10.3. The van der Waals surface area contributed by atoms with Gasteiger partial charge in [0.2, 0.25) is 5.89 Å². The largest absolute Gasteiger partial charge is 0.436 e. The van der Waals surface area contributed by atoms with Crippen LogP contribution >= 0.6 is 15.9 Å². The molecule has 3 aromatic rings. The van der Waals surface area contributed by atoms with E-state index in [2.05, 4.69) is 27.0 Å². The molecule has 3 nitrogen and oxygen atoms in total. The van der Waals surface area contributed by atoms with E-state index in [1.807, 2.05) is 36.4 Å². The fourth-order valence-corrected chi connectivity index (χ4v) is 2.47. The van der Waals surface area contributed by atoms with Crippen molar-refractivity contribution < 1.29 is 4.42 Å². The van der Waals surface area contributed by atoms with Crippen molar-refractivity contribution in [3.63, 3.8) is 0 Å². The highest BCUT2D eigenvalue weighted by Gasteiger charge is 2.11. The number of aromatic nitrogens is 1. The molecular weight excluding hydrogens is 304 g/mol. The van der Waals surface area contributed by atoms with E-state index >= 15 is 0 Å². The van der Waals surface area contributed by atoms with Gasteiger partial charge in [-0.3, -0.25) is 0 Å². The number of oxazole rings is 1. The van der Waals surface area contributed by atoms with E-state index in [9.17, 15) is 0 Å². The Labute approximate surface area is 119 Å². The van der Waals surface area contributed by atoms with E-state index in [1.165, 1.54) is 0 Å². The Morgan fingerprint density at radius 2 is 2.00 bits per heavy atom. The summed E-state index contributed by atoms with van der Waals surface area (Å²) in [4.78, 5) is 4.55. The zero-order valence-corrected chi connectivity index (χ0v) is 11.9. The molecule has 4 heteroatoms. The second kappa shape index (κ2) is 5.15. The van der Waals surface area contributed by atoms with E-state index in [-0.39, 0.29) is 0 Å². The van der Waals surface area contributed by atoms with Crippen molar-refractivity contribution in [2.75, 3.05) is 6.54 Å². The van der Waals surface area contributed by atoms with Crippen molar-refractivity contribution in [3.8, 4) is 11.5 Å². The number of fused-ring (bicyclic) bond motifs is 1. The van der Waals surface area contributed by atoms with Crippen molar-refractivity contribution in [3.05, 3.63) is 52.5 Å². The topological polar surface area (TPSA) is 52.0 Å². The van der Waals surface area contributed by atoms with E-state index in [0.29, 0.717) is 12.4 Å². The molecule has 0 saturated carbocycles. The van der Waals surface area contributed by atoms with Gasteiger partial charge < -0.3 is 10.2 Å². The molecule has 0 fully saturated rings. The van der Waals surface area contributed by atoms with Gasteiger partial charge in [-0.25, -0.2) is 4.98 Å². The molecule has 96 valence electrons. The standard InChI is InChI=1S/C15H13BrN2O/c16-11-5-6-14-13(9-11)18-15(19-14)12-4-2-1-3-10(12)7-8-17/h1-6,9H,7-8,17H2. The lowest BCUT2D eigenvalue weighted by Crippen LogP contribution is -2.03. The third-order valence-electron chi connectivity index (χ3n) is 3.01. The van der Waals surface area contributed by atoms with Crippen LogP contribution in [-0.2, 0) is 6.42 Å². The van der Waals surface area contributed by atoms with Crippen molar-refractivity contribution in [2.45, 2.75) is 6.42 Å². The Kier molecular flexibility index (Phi) is 3.36. The number of benzene rings is 2. The summed E-state index contributed by atoms with van der Waals surface area (Å²) in [5.41, 5.74) is 9.47. The number of hydrogen-bond acceptors (Lipinski definition) is 3. The van der Waals surface area contributed by atoms with Crippen LogP contribution in [0.2, 0.25) is 0 Å². The molecule has 0 radical (unpaired) electrons. The number of nitrogens with two attached hydrogens (primary N) is 1. The van der Waals surface area contributed by atoms with Crippen LogP contribution in [0.3, 0.4) is 0 Å². The molecule has 0 spiro atoms. The van der Waals surface area contributed by atoms with Crippen LogP contribution in [-0.4, -0.2) is 11.5 Å². The van der Waals surface area contributed by atoms with Crippen LogP contribution in [0.4, 0.5) is 0 Å². The van der Waals surface area contributed by atoms with Crippen LogP contribution in [0.1, 0.15) is 5.56 Å². The Morgan fingerprint density at radius 3 is 2.84 bits per heavy atom. The molecular formula is C15H13BrN2O. The predicted octanol–water partition coefficient (Wildman–Crippen LogP) is 3.76. The molecule has 2 aromatic carbocycles. The van der Waals surface area contributed by atoms with Gasteiger partial charge in [-0.2, -0.15) is 0 Å². The molecule has 0 aliphatic carbocycles. The Bertz CT molecular complexity index is 721. The monoisotopic (exact) mass is 316 g/mol. The first-order chi connectivity index (χ1) is 9.28. The third-order valence-corrected chi connectivity index (χ3v) is 3.50. The second-order valence-electron chi connectivity index (χ2n) is 4.33. The van der Waals surface area contributed by atoms with Gasteiger partial charge in [-0.1, -0.05) is 34.1 Å². The summed E-state index contributed by atoms with van der Waals surface area (Å²) in [7, 11) is 0. The molecule has 0 bridgehead atoms. The molecule has 0 aliphatic heterocycles. The fraction of sp³-hybridized carbons (Fsp3) is 0.133. The third kappa shape index (κ3) is 2.41. The number of halogens is 1. The van der Waals surface area contributed by atoms with Crippen LogP contribution in [0, 0.1) is 0 Å². The first kappa shape index (κ1) is 12.4. The molecule has 0 aliphatic rings. The minimum Gasteiger partial charge on any atom is -0.436 e. The van der Waals surface area contributed by atoms with Gasteiger partial charge in [0.05, 0.1) is 0 Å². The average Bonchev–Trinajstić information content (AvgIpc) is 2.82. The molecule has 0 atom stereocenters. The summed E-state index contributed by atoms with van der Waals surface area (Å²) in [6, 6.07) is 13.9. The predicted molar refractivity (Wildman–Crippen MR) is 79.9 cm³/mol. The molecule has 1 heterocycles. The minimum absolute atomic E-state index is 0.614. The van der Waals surface area contributed by atoms with Gasteiger partial charge in [0, 0.05) is 10.0 Å². The highest BCUT2D eigenvalue weighted by molar-refractivity contribution is 9.10. The fourth-order valence-electron chi connectivity index (χ4n) is 2.12. The Morgan fingerprint density at radius 1 is 1.16 bits per heavy atom. The normalized spacial score (nSPS) is 11.1. The number of rotatable bonds is 3. The Hall–Kier alpha value is -1.65. The average molecular weight is 317 g/mol. The maximum atomic E-state index is 5.82. The smallest absolute Gasteiger partial charge is 0.227 e. The molecule has 0 saturated heterocycles. The molecule has 1 aromatic heterocycles. The SMILES string of the molecule is NCCc1ccccc1-c1nc2cc(Br)ccc2o1. The minimum atomic E-state index is 0.614. The summed E-state index contributed by atoms with van der Waals surface area (Å²) in [5, 5.41) is 0. The van der Waals surface area contributed by atoms with E-state index in [0.717, 1.165) is 33.1 Å². The quantitative estimate of drug-likeness (QED) is 0.800. The summed E-state index contributed by atoms with van der Waals surface area (Å²) < 4.78 is 6.82. The van der Waals surface area contributed by atoms with Crippen LogP contribution in [0.25, 0.3) is 22.6 Å². The van der Waals surface area contributed by atoms with Crippen molar-refractivity contribution >= 4 is 27.0 Å². The van der Waals surface area contributed by atoms with Gasteiger partial charge in [0.25, 0.3) is 0 Å². The van der Waals surface area contributed by atoms with Crippen LogP contribution in [0.5, 0.6) is 0 Å². The molecule has 0 amide bonds. The Balaban J connectivity index is 2.13. The first-order valence-electron chi connectivity index (χ1n) is 6.12. The summed E-state index contributed by atoms with van der Waals surface area (Å²) in [6.07, 6.45) is 0.818. The van der Waals surface area contributed by atoms with Gasteiger partial charge in [0.1, 0.15) is 5.52 Å². The van der Waals surface area contributed by atoms with Gasteiger partial charge in [-0.15, -0.1) is 0 Å². The van der Waals surface area contributed by atoms with Crippen molar-refractivity contribution in [2.24, 2.45) is 5.73 Å². The summed E-state index contributed by atoms with van der Waals surface area (Å²) >= 11 is 3.44. The second-order valence-corrected chi connectivity index (χ2v) is 5.24. The summed E-state index contributed by atoms with van der Waals surface area (Å²) in [6.45, 7) is 0.614. The maximum Gasteiger partial charge on any atom is 0.227 e. The van der Waals surface area contributed by atoms with Crippen LogP contribution < -0.4 is 5.73 Å². The maximum absolute atomic E-state index is 5.82. The van der Waals surface area contributed by atoms with Crippen LogP contribution in [0.15, 0.2) is 51.4 Å². The number of hydrogen-bond donors (Lipinski definition) is 1. The van der Waals surface area contributed by atoms with E-state index in [4.69, 9.17) is 10.2 Å². The van der Waals surface area contributed by atoms with Crippen molar-refractivity contribution in [1.29, 1.82) is 0 Å². The highest BCUT2D eigenvalue weighted by atomic mass is 79.9. The van der Waals surface area contributed by atoms with Gasteiger partial charge in [0.15, 0.2) is 5.58 Å². The number of nitrogens with zero attached hydrogens (tertiary/aromatic N) is 1. The summed E-state index contributed by atoms with van der Waals surface area (Å²) in [5.74, 6) is 0.650. The van der Waals surface area contributed by atoms with Gasteiger partial charge in [-0.05, 0) is 42.8 Å².